The average molecular weight is 402 g/mol. The van der Waals surface area contributed by atoms with Crippen molar-refractivity contribution >= 4 is 35.9 Å². The summed E-state index contributed by atoms with van der Waals surface area (Å²) in [7, 11) is -1.73. The van der Waals surface area contributed by atoms with Crippen LogP contribution in [0.3, 0.4) is 0 Å². The lowest BCUT2D eigenvalue weighted by Crippen LogP contribution is -2.55. The maximum Gasteiger partial charge on any atom is 0.298 e. The lowest BCUT2D eigenvalue weighted by molar-refractivity contribution is -0.681. The first-order valence-electron chi connectivity index (χ1n) is 6.50. The number of para-hydroxylation sites is 1. The normalized spacial score (nSPS) is 12.7. The number of benzene rings is 1. The Labute approximate surface area is 133 Å². The van der Waals surface area contributed by atoms with Gasteiger partial charge in [-0.1, -0.05) is 52.1 Å². The van der Waals surface area contributed by atoms with E-state index >= 15 is 0 Å². The highest BCUT2D eigenvalue weighted by molar-refractivity contribution is 14.1. The predicted octanol–water partition coefficient (Wildman–Crippen LogP) is 2.34. The van der Waals surface area contributed by atoms with Crippen LogP contribution in [0.1, 0.15) is 20.8 Å². The van der Waals surface area contributed by atoms with Crippen LogP contribution in [0.2, 0.25) is 18.1 Å². The molecule has 0 saturated carbocycles. The van der Waals surface area contributed by atoms with Crippen molar-refractivity contribution in [3.05, 3.63) is 28.0 Å². The summed E-state index contributed by atoms with van der Waals surface area (Å²) >= 11 is 1.98. The van der Waals surface area contributed by atoms with Crippen molar-refractivity contribution in [3.63, 3.8) is 0 Å². The molecule has 6 heteroatoms. The van der Waals surface area contributed by atoms with Gasteiger partial charge in [-0.05, 0) is 9.72 Å². The van der Waals surface area contributed by atoms with Gasteiger partial charge in [-0.2, -0.15) is 0 Å². The highest BCUT2D eigenvalue weighted by Crippen LogP contribution is 2.36. The van der Waals surface area contributed by atoms with Crippen LogP contribution in [0.15, 0.2) is 28.8 Å². The molecule has 2 aromatic rings. The van der Waals surface area contributed by atoms with Crippen molar-refractivity contribution in [1.82, 2.24) is 5.27 Å². The Morgan fingerprint density at radius 2 is 1.85 bits per heavy atom. The molecule has 0 aliphatic heterocycles. The predicted molar refractivity (Wildman–Crippen MR) is 87.0 cm³/mol. The van der Waals surface area contributed by atoms with Gasteiger partial charge in [-0.3, -0.25) is 0 Å². The van der Waals surface area contributed by atoms with Crippen LogP contribution >= 0.6 is 22.6 Å². The Kier molecular flexibility index (Phi) is 3.98. The van der Waals surface area contributed by atoms with Crippen molar-refractivity contribution in [2.75, 3.05) is 0 Å². The molecule has 0 N–H and O–H groups in total. The van der Waals surface area contributed by atoms with E-state index in [4.69, 9.17) is 4.52 Å². The fourth-order valence-corrected chi connectivity index (χ4v) is 4.58. The summed E-state index contributed by atoms with van der Waals surface area (Å²) in [6, 6.07) is 8.16. The molecule has 0 bridgehead atoms. The van der Waals surface area contributed by atoms with E-state index in [-0.39, 0.29) is 5.04 Å². The fraction of sp³-hybridized carbons (Fsp3) is 0.429. The maximum atomic E-state index is 11.5. The molecule has 1 aromatic carbocycles. The molecule has 0 aliphatic rings. The minimum absolute atomic E-state index is 0.207. The molecule has 4 nitrogen and oxygen atoms in total. The van der Waals surface area contributed by atoms with Gasteiger partial charge in [-0.15, -0.1) is 0 Å². The summed E-state index contributed by atoms with van der Waals surface area (Å²) in [6.45, 7) is 11.5. The van der Waals surface area contributed by atoms with Gasteiger partial charge < -0.3 is 9.63 Å². The minimum Gasteiger partial charge on any atom is -0.538 e. The molecule has 20 heavy (non-hydrogen) atoms. The van der Waals surface area contributed by atoms with Gasteiger partial charge in [-0.25, -0.2) is 0 Å². The summed E-state index contributed by atoms with van der Waals surface area (Å²) in [6.07, 6.45) is 0. The lowest BCUT2D eigenvalue weighted by atomic mass is 10.2. The molecule has 0 fully saturated rings. The summed E-state index contributed by atoms with van der Waals surface area (Å²) < 4.78 is 6.86. The molecule has 2 rings (SSSR count). The van der Waals surface area contributed by atoms with Gasteiger partial charge in [0, 0.05) is 33.8 Å². The van der Waals surface area contributed by atoms with E-state index in [2.05, 4.69) is 45.2 Å². The average Bonchev–Trinajstić information content (AvgIpc) is 2.69. The zero-order valence-corrected chi connectivity index (χ0v) is 15.6. The first kappa shape index (κ1) is 15.5. The van der Waals surface area contributed by atoms with Gasteiger partial charge in [0.15, 0.2) is 5.95 Å². The number of halogens is 1. The summed E-state index contributed by atoms with van der Waals surface area (Å²) in [5, 5.41) is 16.9. The molecule has 0 atom stereocenters. The molecule has 0 radical (unpaired) electrons. The maximum absolute atomic E-state index is 11.5. The Hall–Kier alpha value is -0.893. The van der Waals surface area contributed by atoms with Crippen LogP contribution in [0.25, 0.3) is 5.69 Å². The molecular formula is C14H19IN2O2Si. The lowest BCUT2D eigenvalue weighted by Gasteiger charge is -2.36. The minimum atomic E-state index is -1.73. The van der Waals surface area contributed by atoms with Crippen LogP contribution in [0, 0.1) is 3.70 Å². The van der Waals surface area contributed by atoms with Crippen LogP contribution in [-0.4, -0.2) is 13.3 Å². The first-order valence-corrected chi connectivity index (χ1v) is 10.6. The van der Waals surface area contributed by atoms with E-state index in [1.54, 1.807) is 4.68 Å². The number of rotatable bonds is 2. The Bertz CT molecular complexity index is 632. The zero-order chi connectivity index (χ0) is 15.1. The topological polar surface area (TPSA) is 53.0 Å². The molecule has 0 aliphatic carbocycles. The van der Waals surface area contributed by atoms with E-state index in [0.29, 0.717) is 3.70 Å². The van der Waals surface area contributed by atoms with Crippen LogP contribution in [-0.2, 0) is 0 Å². The molecule has 0 amide bonds. The third-order valence-corrected chi connectivity index (χ3v) is 10.7. The second-order valence-electron chi connectivity index (χ2n) is 6.46. The standard InChI is InChI=1S/C14H19IN2O2Si/c1-14(2,3)20(4,5)11-9-7-6-8-10(11)17-12(15)13(18)19-16-17/h6-9H,1-5H3. The SMILES string of the molecule is CC(C)(C)[Si](C)(C)c1ccccc1-[n+]1noc([O-])c1I. The van der Waals surface area contributed by atoms with Crippen LogP contribution in [0.4, 0.5) is 0 Å². The number of aromatic nitrogens is 2. The monoisotopic (exact) mass is 402 g/mol. The Morgan fingerprint density at radius 1 is 1.25 bits per heavy atom. The molecule has 1 heterocycles. The molecule has 0 unspecified atom stereocenters. The van der Waals surface area contributed by atoms with Gasteiger partial charge in [0.2, 0.25) is 5.69 Å². The Morgan fingerprint density at radius 3 is 2.35 bits per heavy atom. The third kappa shape index (κ3) is 2.50. The van der Waals surface area contributed by atoms with E-state index < -0.39 is 14.0 Å². The third-order valence-electron chi connectivity index (χ3n) is 4.24. The highest BCUT2D eigenvalue weighted by Gasteiger charge is 2.41. The second kappa shape index (κ2) is 5.14. The van der Waals surface area contributed by atoms with Gasteiger partial charge in [0.05, 0.1) is 13.3 Å². The number of hydrogen-bond donors (Lipinski definition) is 0. The zero-order valence-electron chi connectivity index (χ0n) is 12.4. The highest BCUT2D eigenvalue weighted by atomic mass is 127. The quantitative estimate of drug-likeness (QED) is 0.440. The van der Waals surface area contributed by atoms with Crippen LogP contribution in [0.5, 0.6) is 5.95 Å². The molecule has 1 aromatic heterocycles. The Balaban J connectivity index is 2.66. The van der Waals surface area contributed by atoms with Crippen LogP contribution < -0.4 is 15.0 Å². The van der Waals surface area contributed by atoms with Crippen molar-refractivity contribution in [3.8, 4) is 11.6 Å². The van der Waals surface area contributed by atoms with E-state index in [9.17, 15) is 5.11 Å². The summed E-state index contributed by atoms with van der Waals surface area (Å²) in [5.41, 5.74) is 0.953. The van der Waals surface area contributed by atoms with Gasteiger partial charge in [0.1, 0.15) is 0 Å². The van der Waals surface area contributed by atoms with Crippen molar-refractivity contribution in [2.45, 2.75) is 38.9 Å². The van der Waals surface area contributed by atoms with Gasteiger partial charge in [0.25, 0.3) is 3.70 Å². The molecule has 108 valence electrons. The second-order valence-corrected chi connectivity index (χ2v) is 12.8. The molecular weight excluding hydrogens is 383 g/mol. The fourth-order valence-electron chi connectivity index (χ4n) is 1.98. The molecule has 0 saturated heterocycles. The number of nitrogens with zero attached hydrogens (tertiary/aromatic N) is 2. The molecule has 0 spiro atoms. The van der Waals surface area contributed by atoms with E-state index in [1.807, 2.05) is 40.8 Å². The summed E-state index contributed by atoms with van der Waals surface area (Å²) in [5.74, 6) is -0.393. The van der Waals surface area contributed by atoms with E-state index in [0.717, 1.165) is 5.69 Å². The smallest absolute Gasteiger partial charge is 0.298 e. The van der Waals surface area contributed by atoms with Crippen molar-refractivity contribution in [2.24, 2.45) is 0 Å². The summed E-state index contributed by atoms with van der Waals surface area (Å²) in [4.78, 5) is 0. The number of hydrogen-bond acceptors (Lipinski definition) is 3. The van der Waals surface area contributed by atoms with Crippen molar-refractivity contribution < 1.29 is 14.3 Å². The largest absolute Gasteiger partial charge is 0.538 e. The first-order chi connectivity index (χ1) is 9.16. The van der Waals surface area contributed by atoms with E-state index in [1.165, 1.54) is 5.19 Å². The van der Waals surface area contributed by atoms with Gasteiger partial charge >= 0.3 is 0 Å². The van der Waals surface area contributed by atoms with Crippen molar-refractivity contribution in [1.29, 1.82) is 0 Å².